The van der Waals surface area contributed by atoms with Crippen molar-refractivity contribution in [3.05, 3.63) is 59.9 Å². The van der Waals surface area contributed by atoms with Crippen LogP contribution in [0.4, 0.5) is 5.69 Å². The highest BCUT2D eigenvalue weighted by molar-refractivity contribution is 5.54. The summed E-state index contributed by atoms with van der Waals surface area (Å²) in [5.74, 6) is 0. The van der Waals surface area contributed by atoms with E-state index >= 15 is 0 Å². The summed E-state index contributed by atoms with van der Waals surface area (Å²) in [7, 11) is 2.06. The number of aromatic nitrogens is 1. The van der Waals surface area contributed by atoms with Crippen molar-refractivity contribution in [3.63, 3.8) is 0 Å². The minimum absolute atomic E-state index is 0.445. The van der Waals surface area contributed by atoms with Crippen LogP contribution in [0.25, 0.3) is 0 Å². The number of pyridine rings is 1. The molecule has 2 rings (SSSR count). The van der Waals surface area contributed by atoms with Crippen molar-refractivity contribution >= 4 is 5.69 Å². The molecule has 1 N–H and O–H groups in total. The highest BCUT2D eigenvalue weighted by atomic mass is 16.3. The molecule has 1 unspecified atom stereocenters. The van der Waals surface area contributed by atoms with E-state index in [9.17, 15) is 5.11 Å². The minimum Gasteiger partial charge on any atom is -0.389 e. The topological polar surface area (TPSA) is 36.4 Å². The largest absolute Gasteiger partial charge is 0.389 e. The zero-order valence-electron chi connectivity index (χ0n) is 11.5. The maximum atomic E-state index is 9.80. The van der Waals surface area contributed by atoms with Crippen molar-refractivity contribution in [1.82, 2.24) is 4.98 Å². The first-order valence-corrected chi connectivity index (χ1v) is 6.55. The number of aliphatic hydroxyl groups excluding tert-OH is 1. The van der Waals surface area contributed by atoms with Crippen molar-refractivity contribution in [2.45, 2.75) is 19.4 Å². The lowest BCUT2D eigenvalue weighted by Crippen LogP contribution is -2.22. The number of anilines is 1. The van der Waals surface area contributed by atoms with E-state index < -0.39 is 6.10 Å². The van der Waals surface area contributed by atoms with Crippen LogP contribution in [-0.4, -0.2) is 23.7 Å². The molecule has 19 heavy (non-hydrogen) atoms. The number of aliphatic hydroxyl groups is 1. The number of benzene rings is 1. The van der Waals surface area contributed by atoms with E-state index in [1.807, 2.05) is 42.7 Å². The monoisotopic (exact) mass is 256 g/mol. The molecule has 0 aliphatic rings. The fourth-order valence-corrected chi connectivity index (χ4v) is 2.16. The fourth-order valence-electron chi connectivity index (χ4n) is 2.16. The molecule has 1 aromatic carbocycles. The van der Waals surface area contributed by atoms with E-state index in [0.29, 0.717) is 0 Å². The molecule has 1 atom stereocenters. The van der Waals surface area contributed by atoms with Crippen LogP contribution < -0.4 is 4.90 Å². The molecule has 3 heteroatoms. The van der Waals surface area contributed by atoms with Crippen molar-refractivity contribution < 1.29 is 5.11 Å². The molecule has 0 aliphatic carbocycles. The van der Waals surface area contributed by atoms with Gasteiger partial charge in [0.25, 0.3) is 0 Å². The van der Waals surface area contributed by atoms with Crippen molar-refractivity contribution in [1.29, 1.82) is 0 Å². The van der Waals surface area contributed by atoms with Gasteiger partial charge in [-0.25, -0.2) is 0 Å². The van der Waals surface area contributed by atoms with E-state index in [2.05, 4.69) is 23.0 Å². The van der Waals surface area contributed by atoms with Gasteiger partial charge < -0.3 is 10.0 Å². The Balaban J connectivity index is 2.06. The zero-order valence-corrected chi connectivity index (χ0v) is 11.5. The summed E-state index contributed by atoms with van der Waals surface area (Å²) in [5.41, 5.74) is 3.34. The van der Waals surface area contributed by atoms with E-state index in [4.69, 9.17) is 0 Å². The van der Waals surface area contributed by atoms with Gasteiger partial charge in [-0.05, 0) is 37.1 Å². The minimum atomic E-state index is -0.445. The molecule has 1 heterocycles. The Kier molecular flexibility index (Phi) is 4.53. The number of para-hydroxylation sites is 1. The first kappa shape index (κ1) is 13.6. The summed E-state index contributed by atoms with van der Waals surface area (Å²) in [6.45, 7) is 2.71. The maximum Gasteiger partial charge on any atom is 0.0781 e. The van der Waals surface area contributed by atoms with Crippen molar-refractivity contribution in [2.75, 3.05) is 18.5 Å². The van der Waals surface area contributed by atoms with Gasteiger partial charge in [-0.15, -0.1) is 0 Å². The number of nitrogens with zero attached hydrogens (tertiary/aromatic N) is 2. The molecular weight excluding hydrogens is 236 g/mol. The smallest absolute Gasteiger partial charge is 0.0781 e. The molecule has 0 bridgehead atoms. The molecular formula is C16H20N2O. The second-order valence-corrected chi connectivity index (χ2v) is 4.76. The molecule has 0 radical (unpaired) electrons. The average molecular weight is 256 g/mol. The molecule has 0 spiro atoms. The van der Waals surface area contributed by atoms with Crippen LogP contribution in [0.15, 0.2) is 48.8 Å². The number of hydrogen-bond donors (Lipinski definition) is 1. The first-order chi connectivity index (χ1) is 9.18. The Morgan fingerprint density at radius 1 is 1.16 bits per heavy atom. The second-order valence-electron chi connectivity index (χ2n) is 4.76. The van der Waals surface area contributed by atoms with Gasteiger partial charge >= 0.3 is 0 Å². The van der Waals surface area contributed by atoms with Gasteiger partial charge in [0.15, 0.2) is 0 Å². The van der Waals surface area contributed by atoms with E-state index in [1.54, 1.807) is 6.92 Å². The molecule has 1 aromatic heterocycles. The Hall–Kier alpha value is -1.87. The third-order valence-electron chi connectivity index (χ3n) is 3.28. The molecule has 3 nitrogen and oxygen atoms in total. The highest BCUT2D eigenvalue weighted by Crippen LogP contribution is 2.25. The Bertz CT molecular complexity index is 511. The average Bonchev–Trinajstić information content (AvgIpc) is 2.46. The molecule has 100 valence electrons. The summed E-state index contributed by atoms with van der Waals surface area (Å²) >= 11 is 0. The summed E-state index contributed by atoms with van der Waals surface area (Å²) in [4.78, 5) is 6.20. The van der Waals surface area contributed by atoms with Crippen molar-refractivity contribution in [2.24, 2.45) is 0 Å². The van der Waals surface area contributed by atoms with Crippen LogP contribution in [0.1, 0.15) is 24.2 Å². The normalized spacial score (nSPS) is 12.2. The SMILES string of the molecule is CC(O)c1ccccc1N(C)CCc1ccncc1. The van der Waals surface area contributed by atoms with Crippen molar-refractivity contribution in [3.8, 4) is 0 Å². The third kappa shape index (κ3) is 3.55. The number of likely N-dealkylation sites (N-methyl/N-ethyl adjacent to an activating group) is 1. The Labute approximate surface area is 114 Å². The van der Waals surface area contributed by atoms with Gasteiger partial charge in [-0.1, -0.05) is 18.2 Å². The maximum absolute atomic E-state index is 9.80. The van der Waals surface area contributed by atoms with Crippen LogP contribution in [0.2, 0.25) is 0 Å². The lowest BCUT2D eigenvalue weighted by molar-refractivity contribution is 0.199. The number of hydrogen-bond acceptors (Lipinski definition) is 3. The fraction of sp³-hybridized carbons (Fsp3) is 0.312. The molecule has 0 aliphatic heterocycles. The second kappa shape index (κ2) is 6.34. The Morgan fingerprint density at radius 3 is 2.53 bits per heavy atom. The molecule has 2 aromatic rings. The van der Waals surface area contributed by atoms with E-state index in [1.165, 1.54) is 5.56 Å². The quantitative estimate of drug-likeness (QED) is 0.893. The van der Waals surface area contributed by atoms with Gasteiger partial charge in [-0.2, -0.15) is 0 Å². The van der Waals surface area contributed by atoms with Gasteiger partial charge in [0, 0.05) is 37.2 Å². The number of rotatable bonds is 5. The summed E-state index contributed by atoms with van der Waals surface area (Å²) < 4.78 is 0. The molecule has 0 fully saturated rings. The van der Waals surface area contributed by atoms with E-state index in [-0.39, 0.29) is 0 Å². The van der Waals surface area contributed by atoms with Crippen LogP contribution in [-0.2, 0) is 6.42 Å². The molecule has 0 saturated carbocycles. The first-order valence-electron chi connectivity index (χ1n) is 6.55. The zero-order chi connectivity index (χ0) is 13.7. The lowest BCUT2D eigenvalue weighted by Gasteiger charge is -2.23. The predicted octanol–water partition coefficient (Wildman–Crippen LogP) is 2.81. The lowest BCUT2D eigenvalue weighted by atomic mass is 10.1. The highest BCUT2D eigenvalue weighted by Gasteiger charge is 2.10. The van der Waals surface area contributed by atoms with Crippen LogP contribution in [0, 0.1) is 0 Å². The summed E-state index contributed by atoms with van der Waals surface area (Å²) in [6.07, 6.45) is 4.16. The summed E-state index contributed by atoms with van der Waals surface area (Å²) in [5, 5.41) is 9.80. The van der Waals surface area contributed by atoms with Gasteiger partial charge in [-0.3, -0.25) is 4.98 Å². The van der Waals surface area contributed by atoms with Crippen LogP contribution in [0.5, 0.6) is 0 Å². The van der Waals surface area contributed by atoms with Crippen LogP contribution in [0.3, 0.4) is 0 Å². The molecule has 0 amide bonds. The Morgan fingerprint density at radius 2 is 1.84 bits per heavy atom. The van der Waals surface area contributed by atoms with Gasteiger partial charge in [0.05, 0.1) is 6.10 Å². The van der Waals surface area contributed by atoms with Gasteiger partial charge in [0.2, 0.25) is 0 Å². The van der Waals surface area contributed by atoms with Gasteiger partial charge in [0.1, 0.15) is 0 Å². The molecule has 0 saturated heterocycles. The van der Waals surface area contributed by atoms with E-state index in [0.717, 1.165) is 24.2 Å². The standard InChI is InChI=1S/C16H20N2O/c1-13(19)15-5-3-4-6-16(15)18(2)12-9-14-7-10-17-11-8-14/h3-8,10-11,13,19H,9,12H2,1-2H3. The third-order valence-corrected chi connectivity index (χ3v) is 3.28. The summed E-state index contributed by atoms with van der Waals surface area (Å²) in [6, 6.07) is 12.1. The predicted molar refractivity (Wildman–Crippen MR) is 78.3 cm³/mol. The van der Waals surface area contributed by atoms with Crippen LogP contribution >= 0.6 is 0 Å².